The maximum atomic E-state index is 13.3. The van der Waals surface area contributed by atoms with Gasteiger partial charge in [-0.1, -0.05) is 30.3 Å². The zero-order valence-corrected chi connectivity index (χ0v) is 21.7. The quantitative estimate of drug-likeness (QED) is 0.704. The van der Waals surface area contributed by atoms with Crippen LogP contribution in [0.4, 0.5) is 0 Å². The van der Waals surface area contributed by atoms with Gasteiger partial charge in [0.2, 0.25) is 0 Å². The maximum absolute atomic E-state index is 13.3. The Bertz CT molecular complexity index is 1030. The summed E-state index contributed by atoms with van der Waals surface area (Å²) < 4.78 is 0. The maximum Gasteiger partial charge on any atom is 0.253 e. The Kier molecular flexibility index (Phi) is 7.02. The van der Waals surface area contributed by atoms with E-state index in [9.17, 15) is 9.90 Å². The number of hydrogen-bond acceptors (Lipinski definition) is 4. The van der Waals surface area contributed by atoms with Crippen molar-refractivity contribution in [2.45, 2.75) is 63.5 Å². The molecule has 0 spiro atoms. The third-order valence-corrected chi connectivity index (χ3v) is 8.45. The van der Waals surface area contributed by atoms with E-state index in [-0.39, 0.29) is 5.91 Å². The minimum atomic E-state index is -0.897. The van der Waals surface area contributed by atoms with Crippen molar-refractivity contribution >= 4 is 5.91 Å². The number of likely N-dealkylation sites (N-methyl/N-ethyl adjacent to an activating group) is 1. The van der Waals surface area contributed by atoms with E-state index in [0.29, 0.717) is 17.5 Å². The normalized spacial score (nSPS) is 24.3. The lowest BCUT2D eigenvalue weighted by atomic mass is 9.82. The molecule has 0 bridgehead atoms. The summed E-state index contributed by atoms with van der Waals surface area (Å²) in [7, 11) is 2.22. The van der Waals surface area contributed by atoms with Crippen LogP contribution in [-0.2, 0) is 12.0 Å². The third-order valence-electron chi connectivity index (χ3n) is 8.45. The van der Waals surface area contributed by atoms with Crippen LogP contribution in [0.5, 0.6) is 0 Å². The van der Waals surface area contributed by atoms with Gasteiger partial charge in [-0.3, -0.25) is 9.69 Å². The van der Waals surface area contributed by atoms with Gasteiger partial charge < -0.3 is 14.9 Å². The molecule has 2 unspecified atom stereocenters. The zero-order valence-electron chi connectivity index (χ0n) is 21.7. The summed E-state index contributed by atoms with van der Waals surface area (Å²) in [6.45, 7) is 9.76. The van der Waals surface area contributed by atoms with Crippen molar-refractivity contribution in [1.82, 2.24) is 14.7 Å². The van der Waals surface area contributed by atoms with Gasteiger partial charge in [0, 0.05) is 56.8 Å². The lowest BCUT2D eigenvalue weighted by Crippen LogP contribution is -2.46. The summed E-state index contributed by atoms with van der Waals surface area (Å²) in [4.78, 5) is 20.5. The summed E-state index contributed by atoms with van der Waals surface area (Å²) in [6, 6.07) is 15.2. The van der Waals surface area contributed by atoms with Crippen LogP contribution in [0, 0.1) is 0 Å². The standard InChI is InChI=1S/C30H41N3O2/c1-30(2,35)26-13-11-23(12-14-26)29(34)33-15-5-7-25(21-33)24-10-9-22-6-4-8-28(27(22)20-24)32-18-16-31(3)17-19-32/h9-14,20,25,28,35H,4-8,15-19,21H2,1-3H3. The van der Waals surface area contributed by atoms with Crippen molar-refractivity contribution in [3.63, 3.8) is 0 Å². The van der Waals surface area contributed by atoms with Gasteiger partial charge in [0.15, 0.2) is 0 Å². The summed E-state index contributed by atoms with van der Waals surface area (Å²) in [6.07, 6.45) is 5.91. The van der Waals surface area contributed by atoms with Gasteiger partial charge in [-0.15, -0.1) is 0 Å². The topological polar surface area (TPSA) is 47.0 Å². The molecule has 0 saturated carbocycles. The molecule has 2 aliphatic heterocycles. The average molecular weight is 476 g/mol. The van der Waals surface area contributed by atoms with Crippen molar-refractivity contribution in [1.29, 1.82) is 0 Å². The van der Waals surface area contributed by atoms with Gasteiger partial charge in [0.25, 0.3) is 5.91 Å². The van der Waals surface area contributed by atoms with Gasteiger partial charge in [-0.2, -0.15) is 0 Å². The van der Waals surface area contributed by atoms with Crippen LogP contribution in [0.3, 0.4) is 0 Å². The molecule has 5 rings (SSSR count). The Morgan fingerprint density at radius 1 is 0.943 bits per heavy atom. The highest BCUT2D eigenvalue weighted by atomic mass is 16.3. The highest BCUT2D eigenvalue weighted by Crippen LogP contribution is 2.38. The second-order valence-corrected chi connectivity index (χ2v) is 11.4. The van der Waals surface area contributed by atoms with Crippen LogP contribution in [-0.4, -0.2) is 72.0 Å². The number of aryl methyl sites for hydroxylation is 1. The fourth-order valence-corrected chi connectivity index (χ4v) is 6.20. The lowest BCUT2D eigenvalue weighted by molar-refractivity contribution is 0.0702. The molecule has 2 heterocycles. The molecule has 1 aliphatic carbocycles. The van der Waals surface area contributed by atoms with E-state index in [1.165, 1.54) is 30.4 Å². The Hall–Kier alpha value is -2.21. The molecule has 188 valence electrons. The highest BCUT2D eigenvalue weighted by molar-refractivity contribution is 5.94. The van der Waals surface area contributed by atoms with Gasteiger partial charge in [-0.05, 0) is 87.4 Å². The minimum Gasteiger partial charge on any atom is -0.386 e. The van der Waals surface area contributed by atoms with Crippen molar-refractivity contribution in [3.05, 3.63) is 70.3 Å². The van der Waals surface area contributed by atoms with Crippen molar-refractivity contribution in [3.8, 4) is 0 Å². The van der Waals surface area contributed by atoms with Crippen molar-refractivity contribution in [2.75, 3.05) is 46.3 Å². The first-order valence-electron chi connectivity index (χ1n) is 13.5. The SMILES string of the molecule is CN1CCN(C2CCCc3ccc(C4CCCN(C(=O)c5ccc(C(C)(C)O)cc5)C4)cc32)CC1. The summed E-state index contributed by atoms with van der Waals surface area (Å²) in [5.74, 6) is 0.494. The number of nitrogens with zero attached hydrogens (tertiary/aromatic N) is 3. The number of amides is 1. The molecule has 3 aliphatic rings. The number of aliphatic hydroxyl groups is 1. The number of carbonyl (C=O) groups excluding carboxylic acids is 1. The Morgan fingerprint density at radius 2 is 1.69 bits per heavy atom. The fourth-order valence-electron chi connectivity index (χ4n) is 6.20. The van der Waals surface area contributed by atoms with Crippen LogP contribution in [0.1, 0.15) is 84.1 Å². The van der Waals surface area contributed by atoms with Crippen LogP contribution >= 0.6 is 0 Å². The van der Waals surface area contributed by atoms with E-state index in [1.807, 2.05) is 29.2 Å². The predicted molar refractivity (Wildman–Crippen MR) is 141 cm³/mol. The monoisotopic (exact) mass is 475 g/mol. The van der Waals surface area contributed by atoms with Gasteiger partial charge >= 0.3 is 0 Å². The third kappa shape index (κ3) is 5.32. The fraction of sp³-hybridized carbons (Fsp3) is 0.567. The average Bonchev–Trinajstić information content (AvgIpc) is 2.88. The number of likely N-dealkylation sites (tertiary alicyclic amines) is 1. The summed E-state index contributed by atoms with van der Waals surface area (Å²) >= 11 is 0. The van der Waals surface area contributed by atoms with E-state index >= 15 is 0 Å². The molecule has 0 radical (unpaired) electrons. The summed E-state index contributed by atoms with van der Waals surface area (Å²) in [5, 5.41) is 10.2. The first-order chi connectivity index (χ1) is 16.8. The van der Waals surface area contributed by atoms with E-state index in [2.05, 4.69) is 35.0 Å². The molecule has 2 saturated heterocycles. The number of hydrogen-bond donors (Lipinski definition) is 1. The van der Waals surface area contributed by atoms with E-state index in [4.69, 9.17) is 0 Å². The molecule has 2 aromatic rings. The zero-order chi connectivity index (χ0) is 24.6. The molecule has 5 heteroatoms. The number of piperidine rings is 1. The van der Waals surface area contributed by atoms with E-state index in [1.54, 1.807) is 19.4 Å². The molecule has 2 aromatic carbocycles. The number of fused-ring (bicyclic) bond motifs is 1. The Morgan fingerprint density at radius 3 is 2.40 bits per heavy atom. The molecule has 1 N–H and O–H groups in total. The first-order valence-corrected chi connectivity index (χ1v) is 13.5. The molecular formula is C30H41N3O2. The van der Waals surface area contributed by atoms with Crippen molar-refractivity contribution < 1.29 is 9.90 Å². The minimum absolute atomic E-state index is 0.102. The molecule has 5 nitrogen and oxygen atoms in total. The first kappa shape index (κ1) is 24.5. The van der Waals surface area contributed by atoms with Crippen LogP contribution in [0.15, 0.2) is 42.5 Å². The predicted octanol–water partition coefficient (Wildman–Crippen LogP) is 4.56. The van der Waals surface area contributed by atoms with Crippen LogP contribution in [0.2, 0.25) is 0 Å². The summed E-state index contributed by atoms with van der Waals surface area (Å²) in [5.41, 5.74) is 5.11. The Labute approximate surface area is 210 Å². The Balaban J connectivity index is 1.31. The number of rotatable bonds is 4. The molecule has 2 atom stereocenters. The van der Waals surface area contributed by atoms with Gasteiger partial charge in [-0.25, -0.2) is 0 Å². The molecule has 0 aromatic heterocycles. The smallest absolute Gasteiger partial charge is 0.253 e. The lowest BCUT2D eigenvalue weighted by Gasteiger charge is -2.41. The number of piperazine rings is 1. The molecular weight excluding hydrogens is 434 g/mol. The second kappa shape index (κ2) is 10.0. The molecule has 2 fully saturated rings. The molecule has 1 amide bonds. The van der Waals surface area contributed by atoms with E-state index < -0.39 is 5.60 Å². The van der Waals surface area contributed by atoms with Gasteiger partial charge in [0.05, 0.1) is 5.60 Å². The largest absolute Gasteiger partial charge is 0.386 e. The second-order valence-electron chi connectivity index (χ2n) is 11.4. The highest BCUT2D eigenvalue weighted by Gasteiger charge is 2.30. The van der Waals surface area contributed by atoms with E-state index in [0.717, 1.165) is 57.7 Å². The number of carbonyl (C=O) groups is 1. The molecule has 35 heavy (non-hydrogen) atoms. The number of benzene rings is 2. The van der Waals surface area contributed by atoms with Crippen LogP contribution in [0.25, 0.3) is 0 Å². The van der Waals surface area contributed by atoms with Gasteiger partial charge in [0.1, 0.15) is 0 Å². The van der Waals surface area contributed by atoms with Crippen LogP contribution < -0.4 is 0 Å². The van der Waals surface area contributed by atoms with Crippen molar-refractivity contribution in [2.24, 2.45) is 0 Å².